The molecule has 0 radical (unpaired) electrons. The molecule has 1 N–H and O–H groups in total. The van der Waals surface area contributed by atoms with Crippen LogP contribution in [0.4, 0.5) is 0 Å². The summed E-state index contributed by atoms with van der Waals surface area (Å²) in [5, 5.41) is 9.26. The minimum Gasteiger partial charge on any atom is -0.378 e. The Morgan fingerprint density at radius 1 is 1.25 bits per heavy atom. The molecule has 0 aliphatic rings. The Labute approximate surface area is 102 Å². The molecule has 0 rings (SSSR count). The highest BCUT2D eigenvalue weighted by atomic mass is 16.3. The second-order valence-electron chi connectivity index (χ2n) is 3.86. The van der Waals surface area contributed by atoms with Crippen molar-refractivity contribution in [2.45, 2.75) is 53.1 Å². The predicted molar refractivity (Wildman–Crippen MR) is 72.5 cm³/mol. The van der Waals surface area contributed by atoms with Gasteiger partial charge in [0.1, 0.15) is 5.60 Å². The van der Waals surface area contributed by atoms with Crippen molar-refractivity contribution in [1.29, 1.82) is 0 Å². The van der Waals surface area contributed by atoms with Gasteiger partial charge in [-0.05, 0) is 26.2 Å². The first-order valence-electron chi connectivity index (χ1n) is 5.32. The van der Waals surface area contributed by atoms with Crippen LogP contribution < -0.4 is 0 Å². The van der Waals surface area contributed by atoms with Crippen LogP contribution in [0.15, 0.2) is 0 Å². The number of aliphatic hydroxyl groups is 1. The molecule has 1 unspecified atom stereocenters. The van der Waals surface area contributed by atoms with E-state index in [2.05, 4.69) is 24.2 Å². The highest BCUT2D eigenvalue weighted by Gasteiger charge is 2.17. The monoisotopic (exact) mass is 220 g/mol. The van der Waals surface area contributed by atoms with Crippen LogP contribution in [0.1, 0.15) is 47.5 Å². The highest BCUT2D eigenvalue weighted by molar-refractivity contribution is 5.04. The molecule has 1 heteroatoms. The molecular formula is C15H24O. The second kappa shape index (κ2) is 13.6. The standard InChI is InChI=1S/C8H14O.C4H6.C3H4/c1-5-8(4,9)6-7(2)3;1-3-4-2;1-3-2/h1,7,9H,6H2,2-4H3;1H,4H2,2H3;1H,2H3. The van der Waals surface area contributed by atoms with E-state index in [1.165, 1.54) is 0 Å². The summed E-state index contributed by atoms with van der Waals surface area (Å²) in [6, 6.07) is 0. The fraction of sp³-hybridized carbons (Fsp3) is 0.600. The third-order valence-corrected chi connectivity index (χ3v) is 1.32. The van der Waals surface area contributed by atoms with Gasteiger partial charge in [-0.3, -0.25) is 0 Å². The molecule has 1 atom stereocenters. The second-order valence-corrected chi connectivity index (χ2v) is 3.86. The van der Waals surface area contributed by atoms with E-state index in [1.54, 1.807) is 13.8 Å². The first-order chi connectivity index (χ1) is 7.31. The average molecular weight is 220 g/mol. The molecule has 0 aliphatic heterocycles. The zero-order valence-electron chi connectivity index (χ0n) is 11.2. The van der Waals surface area contributed by atoms with Crippen LogP contribution in [0.3, 0.4) is 0 Å². The zero-order chi connectivity index (χ0) is 13.6. The zero-order valence-corrected chi connectivity index (χ0v) is 11.2. The molecule has 1 nitrogen and oxygen atoms in total. The van der Waals surface area contributed by atoms with E-state index in [0.29, 0.717) is 12.3 Å². The minimum atomic E-state index is -0.909. The summed E-state index contributed by atoms with van der Waals surface area (Å²) in [5.74, 6) is 7.46. The topological polar surface area (TPSA) is 20.2 Å². The molecule has 0 aromatic carbocycles. The lowest BCUT2D eigenvalue weighted by molar-refractivity contribution is 0.0978. The Balaban J connectivity index is -0.000000201. The van der Waals surface area contributed by atoms with Gasteiger partial charge in [0.25, 0.3) is 0 Å². The Hall–Kier alpha value is -1.36. The van der Waals surface area contributed by atoms with E-state index in [9.17, 15) is 5.11 Å². The van der Waals surface area contributed by atoms with Gasteiger partial charge < -0.3 is 5.11 Å². The summed E-state index contributed by atoms with van der Waals surface area (Å²) in [6.45, 7) is 9.32. The summed E-state index contributed by atoms with van der Waals surface area (Å²) >= 11 is 0. The number of hydrogen-bond acceptors (Lipinski definition) is 1. The van der Waals surface area contributed by atoms with E-state index in [1.807, 2.05) is 20.8 Å². The normalized spacial score (nSPS) is 11.2. The average Bonchev–Trinajstić information content (AvgIpc) is 2.18. The predicted octanol–water partition coefficient (Wildman–Crippen LogP) is 3.09. The van der Waals surface area contributed by atoms with Crippen LogP contribution >= 0.6 is 0 Å². The van der Waals surface area contributed by atoms with Gasteiger partial charge in [0.05, 0.1) is 0 Å². The Morgan fingerprint density at radius 2 is 1.56 bits per heavy atom. The van der Waals surface area contributed by atoms with Crippen molar-refractivity contribution in [2.24, 2.45) is 5.92 Å². The Kier molecular flexibility index (Phi) is 17.1. The molecule has 0 saturated carbocycles. The van der Waals surface area contributed by atoms with Crippen molar-refractivity contribution >= 4 is 0 Å². The van der Waals surface area contributed by atoms with Gasteiger partial charge in [-0.2, -0.15) is 0 Å². The van der Waals surface area contributed by atoms with Gasteiger partial charge in [0, 0.05) is 6.42 Å². The molecular weight excluding hydrogens is 196 g/mol. The number of terminal acetylenes is 3. The molecule has 0 spiro atoms. The molecule has 16 heavy (non-hydrogen) atoms. The van der Waals surface area contributed by atoms with Gasteiger partial charge in [0.2, 0.25) is 0 Å². The van der Waals surface area contributed by atoms with Crippen LogP contribution in [0.25, 0.3) is 0 Å². The van der Waals surface area contributed by atoms with E-state index in [4.69, 9.17) is 12.8 Å². The third kappa shape index (κ3) is 29.3. The highest BCUT2D eigenvalue weighted by Crippen LogP contribution is 2.13. The fourth-order valence-corrected chi connectivity index (χ4v) is 0.854. The summed E-state index contributed by atoms with van der Waals surface area (Å²) in [6.07, 6.45) is 15.9. The van der Waals surface area contributed by atoms with Crippen LogP contribution in [0, 0.1) is 42.9 Å². The lowest BCUT2D eigenvalue weighted by atomic mass is 9.95. The van der Waals surface area contributed by atoms with Crippen LogP contribution in [0.2, 0.25) is 0 Å². The molecule has 0 bridgehead atoms. The molecule has 0 aromatic heterocycles. The maximum atomic E-state index is 9.26. The quantitative estimate of drug-likeness (QED) is 0.709. The van der Waals surface area contributed by atoms with Crippen molar-refractivity contribution < 1.29 is 5.11 Å². The summed E-state index contributed by atoms with van der Waals surface area (Å²) in [7, 11) is 0. The van der Waals surface area contributed by atoms with Gasteiger partial charge in [-0.25, -0.2) is 0 Å². The summed E-state index contributed by atoms with van der Waals surface area (Å²) < 4.78 is 0. The van der Waals surface area contributed by atoms with Crippen molar-refractivity contribution in [3.05, 3.63) is 0 Å². The van der Waals surface area contributed by atoms with Crippen LogP contribution in [-0.4, -0.2) is 10.7 Å². The molecule has 0 saturated heterocycles. The lowest BCUT2D eigenvalue weighted by Gasteiger charge is -2.17. The van der Waals surface area contributed by atoms with E-state index in [0.717, 1.165) is 6.42 Å². The largest absolute Gasteiger partial charge is 0.378 e. The molecule has 0 heterocycles. The molecule has 0 amide bonds. The molecule has 0 aromatic rings. The van der Waals surface area contributed by atoms with E-state index < -0.39 is 5.60 Å². The Bertz CT molecular complexity index is 253. The van der Waals surface area contributed by atoms with Gasteiger partial charge in [0.15, 0.2) is 0 Å². The maximum Gasteiger partial charge on any atom is 0.122 e. The van der Waals surface area contributed by atoms with Gasteiger partial charge >= 0.3 is 0 Å². The van der Waals surface area contributed by atoms with Crippen molar-refractivity contribution in [1.82, 2.24) is 0 Å². The van der Waals surface area contributed by atoms with Crippen molar-refractivity contribution in [3.8, 4) is 37.0 Å². The maximum absolute atomic E-state index is 9.26. The molecule has 90 valence electrons. The number of hydrogen-bond donors (Lipinski definition) is 1. The molecule has 0 aliphatic carbocycles. The first kappa shape index (κ1) is 20.1. The smallest absolute Gasteiger partial charge is 0.122 e. The first-order valence-corrected chi connectivity index (χ1v) is 5.32. The van der Waals surface area contributed by atoms with Gasteiger partial charge in [-0.1, -0.05) is 26.7 Å². The minimum absolute atomic E-state index is 0.455. The van der Waals surface area contributed by atoms with Crippen molar-refractivity contribution in [2.75, 3.05) is 0 Å². The van der Waals surface area contributed by atoms with Crippen molar-refractivity contribution in [3.63, 3.8) is 0 Å². The van der Waals surface area contributed by atoms with Crippen LogP contribution in [0.5, 0.6) is 0 Å². The molecule has 0 fully saturated rings. The third-order valence-electron chi connectivity index (χ3n) is 1.32. The summed E-state index contributed by atoms with van der Waals surface area (Å²) in [5.41, 5.74) is -0.909. The number of rotatable bonds is 2. The summed E-state index contributed by atoms with van der Waals surface area (Å²) in [4.78, 5) is 0. The SMILES string of the molecule is C#CC.C#CC(C)(O)CC(C)C.C#CCC. The van der Waals surface area contributed by atoms with E-state index in [-0.39, 0.29) is 0 Å². The van der Waals surface area contributed by atoms with E-state index >= 15 is 0 Å². The van der Waals surface area contributed by atoms with Crippen LogP contribution in [-0.2, 0) is 0 Å². The van der Waals surface area contributed by atoms with Gasteiger partial charge in [-0.15, -0.1) is 31.1 Å². The fourth-order valence-electron chi connectivity index (χ4n) is 0.854. The lowest BCUT2D eigenvalue weighted by Crippen LogP contribution is -2.23. The Morgan fingerprint density at radius 3 is 1.62 bits per heavy atom.